The second kappa shape index (κ2) is 4.56. The van der Waals surface area contributed by atoms with Gasteiger partial charge in [-0.1, -0.05) is 11.6 Å². The summed E-state index contributed by atoms with van der Waals surface area (Å²) >= 11 is 7.26. The predicted octanol–water partition coefficient (Wildman–Crippen LogP) is 3.53. The van der Waals surface area contributed by atoms with Gasteiger partial charge >= 0.3 is 6.18 Å². The van der Waals surface area contributed by atoms with Gasteiger partial charge in [-0.15, -0.1) is 0 Å². The van der Waals surface area contributed by atoms with E-state index in [9.17, 15) is 18.0 Å². The maximum absolute atomic E-state index is 12.3. The van der Waals surface area contributed by atoms with E-state index >= 15 is 0 Å². The molecule has 0 radical (unpaired) electrons. The quantitative estimate of drug-likeness (QED) is 0.642. The number of benzene rings is 1. The zero-order valence-electron chi connectivity index (χ0n) is 7.03. The topological polar surface area (TPSA) is 29.1 Å². The average molecular weight is 349 g/mol. The van der Waals surface area contributed by atoms with Crippen molar-refractivity contribution in [2.75, 3.05) is 5.32 Å². The minimum Gasteiger partial charge on any atom is -0.327 e. The number of amides is 1. The average Bonchev–Trinajstić information content (AvgIpc) is 2.09. The molecule has 0 aliphatic heterocycles. The Morgan fingerprint density at radius 2 is 2.00 bits per heavy atom. The van der Waals surface area contributed by atoms with Gasteiger partial charge in [0.25, 0.3) is 0 Å². The van der Waals surface area contributed by atoms with Crippen molar-refractivity contribution in [3.63, 3.8) is 0 Å². The van der Waals surface area contributed by atoms with E-state index in [2.05, 4.69) is 5.32 Å². The molecular formula is C8H4ClF3INO. The van der Waals surface area contributed by atoms with Gasteiger partial charge in [0.1, 0.15) is 0 Å². The second-order valence-corrected chi connectivity index (χ2v) is 4.14. The summed E-state index contributed by atoms with van der Waals surface area (Å²) in [6.45, 7) is 0. The zero-order valence-corrected chi connectivity index (χ0v) is 9.94. The first-order chi connectivity index (χ1) is 6.86. The van der Waals surface area contributed by atoms with Gasteiger partial charge in [-0.25, -0.2) is 0 Å². The van der Waals surface area contributed by atoms with Crippen molar-refractivity contribution < 1.29 is 18.0 Å². The van der Waals surface area contributed by atoms with E-state index in [1.54, 1.807) is 22.6 Å². The van der Waals surface area contributed by atoms with Crippen molar-refractivity contribution in [2.24, 2.45) is 0 Å². The molecule has 1 aromatic rings. The van der Waals surface area contributed by atoms with Gasteiger partial charge in [0.2, 0.25) is 6.41 Å². The fourth-order valence-electron chi connectivity index (χ4n) is 0.934. The molecule has 0 aliphatic carbocycles. The minimum atomic E-state index is -4.44. The molecule has 0 atom stereocenters. The first-order valence-corrected chi connectivity index (χ1v) is 5.08. The summed E-state index contributed by atoms with van der Waals surface area (Å²) in [6.07, 6.45) is -4.08. The van der Waals surface area contributed by atoms with Crippen LogP contribution < -0.4 is 5.32 Å². The Kier molecular flexibility index (Phi) is 3.82. The maximum atomic E-state index is 12.3. The molecule has 0 saturated heterocycles. The molecule has 0 spiro atoms. The summed E-state index contributed by atoms with van der Waals surface area (Å²) in [5.74, 6) is 0. The van der Waals surface area contributed by atoms with Crippen LogP contribution >= 0.6 is 34.2 Å². The summed E-state index contributed by atoms with van der Waals surface area (Å²) in [5.41, 5.74) is -0.659. The Balaban J connectivity index is 3.25. The van der Waals surface area contributed by atoms with E-state index in [1.807, 2.05) is 0 Å². The van der Waals surface area contributed by atoms with E-state index in [0.717, 1.165) is 12.1 Å². The summed E-state index contributed by atoms with van der Waals surface area (Å²) in [7, 11) is 0. The Morgan fingerprint density at radius 1 is 1.40 bits per heavy atom. The van der Waals surface area contributed by atoms with Crippen LogP contribution in [0.2, 0.25) is 5.02 Å². The van der Waals surface area contributed by atoms with Gasteiger partial charge in [-0.2, -0.15) is 13.2 Å². The van der Waals surface area contributed by atoms with Gasteiger partial charge in [0, 0.05) is 3.57 Å². The van der Waals surface area contributed by atoms with Gasteiger partial charge in [0.15, 0.2) is 0 Å². The highest BCUT2D eigenvalue weighted by molar-refractivity contribution is 14.1. The molecule has 1 rings (SSSR count). The molecule has 0 saturated carbocycles. The van der Waals surface area contributed by atoms with Crippen LogP contribution in [-0.4, -0.2) is 6.41 Å². The number of hydrogen-bond acceptors (Lipinski definition) is 1. The molecule has 7 heteroatoms. The summed E-state index contributed by atoms with van der Waals surface area (Å²) in [4.78, 5) is 10.2. The number of rotatable bonds is 2. The zero-order chi connectivity index (χ0) is 11.6. The lowest BCUT2D eigenvalue weighted by Crippen LogP contribution is -2.07. The highest BCUT2D eigenvalue weighted by atomic mass is 127. The van der Waals surface area contributed by atoms with Crippen LogP contribution in [0.25, 0.3) is 0 Å². The van der Waals surface area contributed by atoms with E-state index in [-0.39, 0.29) is 14.3 Å². The number of anilines is 1. The number of alkyl halides is 3. The molecule has 1 amide bonds. The van der Waals surface area contributed by atoms with Gasteiger partial charge < -0.3 is 5.32 Å². The first-order valence-electron chi connectivity index (χ1n) is 3.62. The molecule has 0 heterocycles. The second-order valence-electron chi connectivity index (χ2n) is 2.57. The SMILES string of the molecule is O=CNc1c(Cl)cc(C(F)(F)F)cc1I. The largest absolute Gasteiger partial charge is 0.416 e. The van der Waals surface area contributed by atoms with Crippen molar-refractivity contribution in [1.82, 2.24) is 0 Å². The van der Waals surface area contributed by atoms with Gasteiger partial charge in [-0.3, -0.25) is 4.79 Å². The van der Waals surface area contributed by atoms with Crippen LogP contribution in [0, 0.1) is 3.57 Å². The first kappa shape index (κ1) is 12.6. The number of hydrogen-bond donors (Lipinski definition) is 1. The third-order valence-corrected chi connectivity index (χ3v) is 2.72. The third kappa shape index (κ3) is 2.97. The molecule has 0 fully saturated rings. The standard InChI is InChI=1S/C8H4ClF3INO/c9-5-1-4(8(10,11)12)2-6(13)7(5)14-3-15/h1-3H,(H,14,15). The van der Waals surface area contributed by atoms with Gasteiger partial charge in [0.05, 0.1) is 16.3 Å². The molecule has 2 nitrogen and oxygen atoms in total. The summed E-state index contributed by atoms with van der Waals surface area (Å²) in [6, 6.07) is 1.69. The van der Waals surface area contributed by atoms with E-state index in [0.29, 0.717) is 6.41 Å². The van der Waals surface area contributed by atoms with E-state index < -0.39 is 11.7 Å². The monoisotopic (exact) mass is 349 g/mol. The molecule has 1 aromatic carbocycles. The van der Waals surface area contributed by atoms with Crippen LogP contribution in [-0.2, 0) is 11.0 Å². The van der Waals surface area contributed by atoms with Crippen LogP contribution in [0.1, 0.15) is 5.56 Å². The molecule has 0 aromatic heterocycles. The molecule has 15 heavy (non-hydrogen) atoms. The van der Waals surface area contributed by atoms with E-state index in [1.165, 1.54) is 0 Å². The Hall–Kier alpha value is -0.500. The number of carbonyl (C=O) groups excluding carboxylic acids is 1. The Labute approximate surface area is 102 Å². The predicted molar refractivity (Wildman–Crippen MR) is 58.9 cm³/mol. The van der Waals surface area contributed by atoms with Crippen molar-refractivity contribution in [2.45, 2.75) is 6.18 Å². The van der Waals surface area contributed by atoms with Crippen molar-refractivity contribution in [3.05, 3.63) is 26.3 Å². The molecule has 0 bridgehead atoms. The van der Waals surface area contributed by atoms with Crippen LogP contribution in [0.5, 0.6) is 0 Å². The van der Waals surface area contributed by atoms with Crippen molar-refractivity contribution >= 4 is 46.3 Å². The van der Waals surface area contributed by atoms with Crippen molar-refractivity contribution in [1.29, 1.82) is 0 Å². The lowest BCUT2D eigenvalue weighted by molar-refractivity contribution is -0.137. The Morgan fingerprint density at radius 3 is 2.40 bits per heavy atom. The molecular weight excluding hydrogens is 345 g/mol. The molecule has 0 unspecified atom stereocenters. The highest BCUT2D eigenvalue weighted by Crippen LogP contribution is 2.36. The van der Waals surface area contributed by atoms with Crippen molar-refractivity contribution in [3.8, 4) is 0 Å². The lowest BCUT2D eigenvalue weighted by Gasteiger charge is -2.11. The van der Waals surface area contributed by atoms with Crippen LogP contribution in [0.3, 0.4) is 0 Å². The molecule has 1 N–H and O–H groups in total. The van der Waals surface area contributed by atoms with Crippen LogP contribution in [0.15, 0.2) is 12.1 Å². The van der Waals surface area contributed by atoms with Crippen LogP contribution in [0.4, 0.5) is 18.9 Å². The van der Waals surface area contributed by atoms with E-state index in [4.69, 9.17) is 11.6 Å². The summed E-state index contributed by atoms with van der Waals surface area (Å²) in [5, 5.41) is 2.10. The maximum Gasteiger partial charge on any atom is 0.416 e. The Bertz CT molecular complexity index is 371. The molecule has 0 aliphatic rings. The highest BCUT2D eigenvalue weighted by Gasteiger charge is 2.31. The summed E-state index contributed by atoms with van der Waals surface area (Å²) < 4.78 is 37.2. The third-order valence-electron chi connectivity index (χ3n) is 1.57. The van der Waals surface area contributed by atoms with Gasteiger partial charge in [-0.05, 0) is 34.7 Å². The number of carbonyl (C=O) groups is 1. The number of nitrogens with one attached hydrogen (secondary N) is 1. The number of halogens is 5. The molecule has 82 valence electrons. The fourth-order valence-corrected chi connectivity index (χ4v) is 2.15. The smallest absolute Gasteiger partial charge is 0.327 e. The minimum absolute atomic E-state index is 0.138. The normalized spacial score (nSPS) is 11.3. The fraction of sp³-hybridized carbons (Fsp3) is 0.125. The lowest BCUT2D eigenvalue weighted by atomic mass is 10.2.